The highest BCUT2D eigenvalue weighted by molar-refractivity contribution is 5.94. The highest BCUT2D eigenvalue weighted by Crippen LogP contribution is 2.41. The number of phenols is 1. The largest absolute Gasteiger partial charge is 0.507 e. The molecule has 0 bridgehead atoms. The molecule has 2 aliphatic rings. The fourth-order valence-electron chi connectivity index (χ4n) is 4.54. The van der Waals surface area contributed by atoms with E-state index < -0.39 is 11.5 Å². The summed E-state index contributed by atoms with van der Waals surface area (Å²) in [5, 5.41) is 14.9. The highest BCUT2D eigenvalue weighted by Gasteiger charge is 2.26. The number of hydrogen-bond acceptors (Lipinski definition) is 7. The molecule has 178 valence electrons. The third kappa shape index (κ3) is 4.50. The predicted molar refractivity (Wildman–Crippen MR) is 128 cm³/mol. The van der Waals surface area contributed by atoms with Gasteiger partial charge in [-0.15, -0.1) is 0 Å². The molecule has 3 N–H and O–H groups in total. The molecule has 34 heavy (non-hydrogen) atoms. The van der Waals surface area contributed by atoms with Gasteiger partial charge in [-0.3, -0.25) is 4.79 Å². The Morgan fingerprint density at radius 1 is 1.24 bits per heavy atom. The minimum Gasteiger partial charge on any atom is -0.507 e. The first kappa shape index (κ1) is 22.4. The Hall–Kier alpha value is -3.39. The van der Waals surface area contributed by atoms with E-state index in [-0.39, 0.29) is 23.8 Å². The van der Waals surface area contributed by atoms with E-state index in [9.17, 15) is 14.7 Å². The third-order valence-electron chi connectivity index (χ3n) is 6.52. The van der Waals surface area contributed by atoms with Crippen LogP contribution in [0.15, 0.2) is 35.1 Å². The van der Waals surface area contributed by atoms with Crippen molar-refractivity contribution in [1.29, 1.82) is 0 Å². The number of esters is 1. The quantitative estimate of drug-likeness (QED) is 0.458. The number of pyridine rings is 2. The Morgan fingerprint density at radius 2 is 2.09 bits per heavy atom. The van der Waals surface area contributed by atoms with E-state index in [2.05, 4.69) is 10.3 Å². The van der Waals surface area contributed by atoms with Crippen molar-refractivity contribution in [2.24, 2.45) is 5.92 Å². The Kier molecular flexibility index (Phi) is 6.24. The average molecular weight is 464 g/mol. The molecule has 0 amide bonds. The fourth-order valence-corrected chi connectivity index (χ4v) is 4.54. The molecule has 8 nitrogen and oxygen atoms in total. The summed E-state index contributed by atoms with van der Waals surface area (Å²) in [6.45, 7) is 4.22. The SMILES string of the molecule is CCOC(=O)c1cc2c(C3CCCNC3)cc(-c3c(O)cccc3OCC3CC3)nc2[nH]c1=O. The van der Waals surface area contributed by atoms with Crippen LogP contribution in [0.4, 0.5) is 0 Å². The number of carbonyl (C=O) groups excluding carboxylic acids is 1. The van der Waals surface area contributed by atoms with Gasteiger partial charge < -0.3 is 24.9 Å². The summed E-state index contributed by atoms with van der Waals surface area (Å²) >= 11 is 0. The van der Waals surface area contributed by atoms with Crippen LogP contribution in [0, 0.1) is 5.92 Å². The maximum absolute atomic E-state index is 12.7. The smallest absolute Gasteiger partial charge is 0.343 e. The Bertz CT molecular complexity index is 1280. The summed E-state index contributed by atoms with van der Waals surface area (Å²) in [4.78, 5) is 32.6. The maximum Gasteiger partial charge on any atom is 0.343 e. The number of ether oxygens (including phenoxy) is 2. The van der Waals surface area contributed by atoms with Gasteiger partial charge in [-0.25, -0.2) is 9.78 Å². The molecular weight excluding hydrogens is 434 g/mol. The molecule has 3 aromatic rings. The monoisotopic (exact) mass is 463 g/mol. The first-order valence-corrected chi connectivity index (χ1v) is 12.0. The molecule has 8 heteroatoms. The van der Waals surface area contributed by atoms with Crippen LogP contribution < -0.4 is 15.6 Å². The van der Waals surface area contributed by atoms with Crippen LogP contribution in [0.2, 0.25) is 0 Å². The number of nitrogens with one attached hydrogen (secondary N) is 2. The zero-order chi connectivity index (χ0) is 23.7. The molecule has 0 spiro atoms. The average Bonchev–Trinajstić information content (AvgIpc) is 3.67. The van der Waals surface area contributed by atoms with Gasteiger partial charge in [0.25, 0.3) is 5.56 Å². The molecule has 1 aliphatic heterocycles. The summed E-state index contributed by atoms with van der Waals surface area (Å²) in [5.74, 6) is 0.705. The van der Waals surface area contributed by atoms with Crippen LogP contribution in [0.25, 0.3) is 22.3 Å². The number of piperidine rings is 1. The lowest BCUT2D eigenvalue weighted by molar-refractivity contribution is 0.0524. The van der Waals surface area contributed by atoms with Gasteiger partial charge in [-0.1, -0.05) is 6.07 Å². The van der Waals surface area contributed by atoms with Gasteiger partial charge in [-0.2, -0.15) is 0 Å². The number of nitrogens with zero attached hydrogens (tertiary/aromatic N) is 1. The third-order valence-corrected chi connectivity index (χ3v) is 6.52. The highest BCUT2D eigenvalue weighted by atomic mass is 16.5. The lowest BCUT2D eigenvalue weighted by Gasteiger charge is -2.25. The number of aromatic amines is 1. The Labute approximate surface area is 197 Å². The van der Waals surface area contributed by atoms with E-state index in [0.717, 1.165) is 44.3 Å². The second kappa shape index (κ2) is 9.46. The van der Waals surface area contributed by atoms with E-state index in [4.69, 9.17) is 14.5 Å². The van der Waals surface area contributed by atoms with Crippen molar-refractivity contribution < 1.29 is 19.4 Å². The zero-order valence-electron chi connectivity index (χ0n) is 19.2. The van der Waals surface area contributed by atoms with Crippen LogP contribution >= 0.6 is 0 Å². The van der Waals surface area contributed by atoms with Gasteiger partial charge in [-0.05, 0) is 80.8 Å². The van der Waals surface area contributed by atoms with Crippen LogP contribution in [-0.4, -0.2) is 47.3 Å². The number of aromatic nitrogens is 2. The number of hydrogen-bond donors (Lipinski definition) is 3. The molecule has 3 heterocycles. The first-order chi connectivity index (χ1) is 16.5. The van der Waals surface area contributed by atoms with Crippen molar-refractivity contribution in [2.45, 2.75) is 38.5 Å². The summed E-state index contributed by atoms with van der Waals surface area (Å²) in [5.41, 5.74) is 1.77. The van der Waals surface area contributed by atoms with Gasteiger partial charge in [0.2, 0.25) is 0 Å². The molecule has 1 aliphatic carbocycles. The van der Waals surface area contributed by atoms with Crippen molar-refractivity contribution in [2.75, 3.05) is 26.3 Å². The molecular formula is C26H29N3O5. The number of benzene rings is 1. The second-order valence-electron chi connectivity index (χ2n) is 9.04. The molecule has 1 unspecified atom stereocenters. The number of aromatic hydroxyl groups is 1. The van der Waals surface area contributed by atoms with Crippen LogP contribution in [0.3, 0.4) is 0 Å². The lowest BCUT2D eigenvalue weighted by Crippen LogP contribution is -2.29. The summed E-state index contributed by atoms with van der Waals surface area (Å²) in [6.07, 6.45) is 4.30. The normalized spacial score (nSPS) is 18.1. The van der Waals surface area contributed by atoms with E-state index in [1.54, 1.807) is 25.1 Å². The van der Waals surface area contributed by atoms with Gasteiger partial charge in [0.15, 0.2) is 0 Å². The van der Waals surface area contributed by atoms with Gasteiger partial charge in [0.05, 0.1) is 24.5 Å². The zero-order valence-corrected chi connectivity index (χ0v) is 19.2. The topological polar surface area (TPSA) is 114 Å². The van der Waals surface area contributed by atoms with E-state index in [1.807, 2.05) is 12.1 Å². The maximum atomic E-state index is 12.7. The minimum absolute atomic E-state index is 0.0371. The van der Waals surface area contributed by atoms with Crippen molar-refractivity contribution in [3.8, 4) is 22.8 Å². The van der Waals surface area contributed by atoms with Gasteiger partial charge >= 0.3 is 5.97 Å². The number of fused-ring (bicyclic) bond motifs is 1. The molecule has 5 rings (SSSR count). The fraction of sp³-hybridized carbons (Fsp3) is 0.423. The predicted octanol–water partition coefficient (Wildman–Crippen LogP) is 3.73. The van der Waals surface area contributed by atoms with Crippen molar-refractivity contribution in [3.63, 3.8) is 0 Å². The summed E-state index contributed by atoms with van der Waals surface area (Å²) in [7, 11) is 0. The number of phenolic OH excluding ortho intramolecular Hbond substituents is 1. The molecule has 1 saturated carbocycles. The van der Waals surface area contributed by atoms with E-state index in [1.165, 1.54) is 0 Å². The van der Waals surface area contributed by atoms with Gasteiger partial charge in [0, 0.05) is 11.9 Å². The number of rotatable bonds is 7. The summed E-state index contributed by atoms with van der Waals surface area (Å²) in [6, 6.07) is 8.73. The molecule has 1 aromatic carbocycles. The van der Waals surface area contributed by atoms with Crippen molar-refractivity contribution in [1.82, 2.24) is 15.3 Å². The molecule has 0 radical (unpaired) electrons. The van der Waals surface area contributed by atoms with Gasteiger partial charge in [0.1, 0.15) is 22.7 Å². The van der Waals surface area contributed by atoms with E-state index in [0.29, 0.717) is 40.6 Å². The number of carbonyl (C=O) groups is 1. The summed E-state index contributed by atoms with van der Waals surface area (Å²) < 4.78 is 11.1. The Morgan fingerprint density at radius 3 is 2.82 bits per heavy atom. The minimum atomic E-state index is -0.654. The van der Waals surface area contributed by atoms with Crippen molar-refractivity contribution in [3.05, 3.63) is 51.8 Å². The first-order valence-electron chi connectivity index (χ1n) is 12.0. The van der Waals surface area contributed by atoms with Crippen LogP contribution in [0.5, 0.6) is 11.5 Å². The van der Waals surface area contributed by atoms with Crippen LogP contribution in [-0.2, 0) is 4.74 Å². The molecule has 1 atom stereocenters. The lowest BCUT2D eigenvalue weighted by atomic mass is 9.88. The van der Waals surface area contributed by atoms with Crippen LogP contribution in [0.1, 0.15) is 54.4 Å². The van der Waals surface area contributed by atoms with E-state index >= 15 is 0 Å². The van der Waals surface area contributed by atoms with Crippen molar-refractivity contribution >= 4 is 17.0 Å². The molecule has 2 aromatic heterocycles. The molecule has 2 fully saturated rings. The standard InChI is InChI=1S/C26H29N3O5/c1-2-33-26(32)19-11-18-17(16-5-4-10-27-13-16)12-20(28-24(18)29-25(19)31)23-21(30)6-3-7-22(23)34-14-15-8-9-15/h3,6-7,11-12,15-16,27,30H,2,4-5,8-10,13-14H2,1H3,(H,28,29,31). The molecule has 1 saturated heterocycles. The number of H-pyrrole nitrogens is 1. The second-order valence-corrected chi connectivity index (χ2v) is 9.04. The Balaban J connectivity index is 1.67.